The zero-order chi connectivity index (χ0) is 14.0. The van der Waals surface area contributed by atoms with Crippen molar-refractivity contribution in [2.45, 2.75) is 38.6 Å². The van der Waals surface area contributed by atoms with Crippen LogP contribution in [0.5, 0.6) is 0 Å². The molecule has 3 unspecified atom stereocenters. The van der Waals surface area contributed by atoms with Gasteiger partial charge in [0, 0.05) is 13.6 Å². The molecular formula is C16H25FN2. The predicted octanol–water partition coefficient (Wildman–Crippen LogP) is 3.42. The van der Waals surface area contributed by atoms with E-state index < -0.39 is 0 Å². The maximum Gasteiger partial charge on any atom is 0.146 e. The van der Waals surface area contributed by atoms with Crippen molar-refractivity contribution in [3.8, 4) is 0 Å². The average Bonchev–Trinajstić information content (AvgIpc) is 2.42. The van der Waals surface area contributed by atoms with Crippen molar-refractivity contribution >= 4 is 5.69 Å². The first-order chi connectivity index (χ1) is 9.00. The van der Waals surface area contributed by atoms with Gasteiger partial charge in [-0.1, -0.05) is 26.0 Å². The molecule has 2 nitrogen and oxygen atoms in total. The molecule has 1 aromatic rings. The fourth-order valence-electron chi connectivity index (χ4n) is 3.29. The number of nitrogens with two attached hydrogens (primary N) is 1. The molecule has 0 saturated heterocycles. The Balaban J connectivity index is 2.29. The molecule has 0 aliphatic heterocycles. The lowest BCUT2D eigenvalue weighted by atomic mass is 9.70. The lowest BCUT2D eigenvalue weighted by Crippen LogP contribution is -2.56. The highest BCUT2D eigenvalue weighted by molar-refractivity contribution is 5.50. The van der Waals surface area contributed by atoms with Crippen LogP contribution >= 0.6 is 0 Å². The minimum atomic E-state index is -0.163. The van der Waals surface area contributed by atoms with Crippen molar-refractivity contribution in [2.75, 3.05) is 18.5 Å². The Labute approximate surface area is 115 Å². The lowest BCUT2D eigenvalue weighted by Gasteiger charge is -2.49. The molecular weight excluding hydrogens is 239 g/mol. The number of nitrogens with zero attached hydrogens (tertiary/aromatic N) is 1. The third-order valence-electron chi connectivity index (χ3n) is 5.04. The van der Waals surface area contributed by atoms with Crippen molar-refractivity contribution in [3.63, 3.8) is 0 Å². The Morgan fingerprint density at radius 1 is 1.32 bits per heavy atom. The van der Waals surface area contributed by atoms with Crippen LogP contribution in [0.3, 0.4) is 0 Å². The molecule has 1 aliphatic rings. The van der Waals surface area contributed by atoms with E-state index in [0.29, 0.717) is 18.2 Å². The van der Waals surface area contributed by atoms with Crippen LogP contribution in [0.4, 0.5) is 10.1 Å². The molecule has 1 fully saturated rings. The molecule has 1 saturated carbocycles. The van der Waals surface area contributed by atoms with Gasteiger partial charge in [-0.05, 0) is 43.2 Å². The third-order valence-corrected chi connectivity index (χ3v) is 5.04. The topological polar surface area (TPSA) is 29.3 Å². The van der Waals surface area contributed by atoms with Crippen LogP contribution in [0, 0.1) is 17.7 Å². The summed E-state index contributed by atoms with van der Waals surface area (Å²) in [5.41, 5.74) is 6.63. The minimum absolute atomic E-state index is 0.103. The van der Waals surface area contributed by atoms with Crippen LogP contribution in [-0.2, 0) is 0 Å². The van der Waals surface area contributed by atoms with Gasteiger partial charge in [0.05, 0.1) is 11.2 Å². The van der Waals surface area contributed by atoms with Gasteiger partial charge >= 0.3 is 0 Å². The molecule has 3 atom stereocenters. The molecule has 3 heteroatoms. The highest BCUT2D eigenvalue weighted by Gasteiger charge is 2.40. The normalized spacial score (nSPS) is 31.2. The Kier molecular flexibility index (Phi) is 4.14. The third kappa shape index (κ3) is 2.62. The molecule has 106 valence electrons. The fourth-order valence-corrected chi connectivity index (χ4v) is 3.29. The smallest absolute Gasteiger partial charge is 0.146 e. The van der Waals surface area contributed by atoms with E-state index in [4.69, 9.17) is 5.73 Å². The second kappa shape index (κ2) is 5.49. The number of para-hydroxylation sites is 1. The van der Waals surface area contributed by atoms with Gasteiger partial charge in [-0.15, -0.1) is 0 Å². The number of hydrogen-bond donors (Lipinski definition) is 1. The molecule has 2 rings (SSSR count). The first kappa shape index (κ1) is 14.3. The molecule has 19 heavy (non-hydrogen) atoms. The van der Waals surface area contributed by atoms with Gasteiger partial charge in [-0.3, -0.25) is 0 Å². The summed E-state index contributed by atoms with van der Waals surface area (Å²) in [7, 11) is 1.98. The molecule has 0 aromatic heterocycles. The van der Waals surface area contributed by atoms with Gasteiger partial charge in [0.25, 0.3) is 0 Å². The molecule has 1 aromatic carbocycles. The van der Waals surface area contributed by atoms with Crippen molar-refractivity contribution in [1.82, 2.24) is 0 Å². The Morgan fingerprint density at radius 2 is 2.00 bits per heavy atom. The van der Waals surface area contributed by atoms with Gasteiger partial charge in [0.1, 0.15) is 5.82 Å². The van der Waals surface area contributed by atoms with E-state index in [1.807, 2.05) is 19.2 Å². The van der Waals surface area contributed by atoms with E-state index in [-0.39, 0.29) is 11.4 Å². The minimum Gasteiger partial charge on any atom is -0.365 e. The second-order valence-electron chi connectivity index (χ2n) is 6.14. The average molecular weight is 264 g/mol. The summed E-state index contributed by atoms with van der Waals surface area (Å²) in [4.78, 5) is 2.07. The summed E-state index contributed by atoms with van der Waals surface area (Å²) >= 11 is 0. The maximum absolute atomic E-state index is 14.0. The summed E-state index contributed by atoms with van der Waals surface area (Å²) in [5.74, 6) is 1.20. The van der Waals surface area contributed by atoms with Gasteiger partial charge in [-0.25, -0.2) is 4.39 Å². The van der Waals surface area contributed by atoms with Gasteiger partial charge < -0.3 is 10.6 Å². The molecule has 0 heterocycles. The van der Waals surface area contributed by atoms with Crippen LogP contribution in [-0.4, -0.2) is 19.1 Å². The summed E-state index contributed by atoms with van der Waals surface area (Å²) in [6, 6.07) is 6.97. The zero-order valence-electron chi connectivity index (χ0n) is 12.2. The monoisotopic (exact) mass is 264 g/mol. The van der Waals surface area contributed by atoms with Crippen LogP contribution in [0.25, 0.3) is 0 Å². The number of hydrogen-bond acceptors (Lipinski definition) is 2. The SMILES string of the molecule is CC1CCC(CN)(N(C)c2ccccc2F)CC1C. The highest BCUT2D eigenvalue weighted by Crippen LogP contribution is 2.41. The van der Waals surface area contributed by atoms with Gasteiger partial charge in [0.15, 0.2) is 0 Å². The van der Waals surface area contributed by atoms with E-state index in [1.54, 1.807) is 6.07 Å². The number of halogens is 1. The quantitative estimate of drug-likeness (QED) is 0.906. The zero-order valence-corrected chi connectivity index (χ0v) is 12.2. The van der Waals surface area contributed by atoms with E-state index in [1.165, 1.54) is 6.07 Å². The van der Waals surface area contributed by atoms with Crippen LogP contribution in [0.2, 0.25) is 0 Å². The fraction of sp³-hybridized carbons (Fsp3) is 0.625. The first-order valence-electron chi connectivity index (χ1n) is 7.18. The van der Waals surface area contributed by atoms with Crippen LogP contribution in [0.15, 0.2) is 24.3 Å². The van der Waals surface area contributed by atoms with E-state index in [9.17, 15) is 4.39 Å². The van der Waals surface area contributed by atoms with Gasteiger partial charge in [0.2, 0.25) is 0 Å². The number of benzene rings is 1. The van der Waals surface area contributed by atoms with E-state index >= 15 is 0 Å². The Hall–Kier alpha value is -1.09. The Bertz CT molecular complexity index is 435. The number of rotatable bonds is 3. The molecule has 1 aliphatic carbocycles. The summed E-state index contributed by atoms with van der Waals surface area (Å²) < 4.78 is 14.0. The first-order valence-corrected chi connectivity index (χ1v) is 7.18. The second-order valence-corrected chi connectivity index (χ2v) is 6.14. The molecule has 0 bridgehead atoms. The molecule has 0 amide bonds. The van der Waals surface area contributed by atoms with Gasteiger partial charge in [-0.2, -0.15) is 0 Å². The predicted molar refractivity (Wildman–Crippen MR) is 78.8 cm³/mol. The summed E-state index contributed by atoms with van der Waals surface area (Å²) in [5, 5.41) is 0. The number of likely N-dealkylation sites (N-methyl/N-ethyl adjacent to an activating group) is 1. The van der Waals surface area contributed by atoms with Crippen molar-refractivity contribution < 1.29 is 4.39 Å². The summed E-state index contributed by atoms with van der Waals surface area (Å²) in [6.07, 6.45) is 3.24. The lowest BCUT2D eigenvalue weighted by molar-refractivity contribution is 0.175. The molecule has 0 radical (unpaired) electrons. The summed E-state index contributed by atoms with van der Waals surface area (Å²) in [6.45, 7) is 5.16. The van der Waals surface area contributed by atoms with Crippen LogP contribution in [0.1, 0.15) is 33.1 Å². The van der Waals surface area contributed by atoms with Crippen molar-refractivity contribution in [1.29, 1.82) is 0 Å². The molecule has 0 spiro atoms. The van der Waals surface area contributed by atoms with Crippen molar-refractivity contribution in [2.24, 2.45) is 17.6 Å². The van der Waals surface area contributed by atoms with Crippen LogP contribution < -0.4 is 10.6 Å². The highest BCUT2D eigenvalue weighted by atomic mass is 19.1. The number of anilines is 1. The standard InChI is InChI=1S/C16H25FN2/c1-12-8-9-16(11-18,10-13(12)2)19(3)15-7-5-4-6-14(15)17/h4-7,12-13H,8-11,18H2,1-3H3. The van der Waals surface area contributed by atoms with Crippen molar-refractivity contribution in [3.05, 3.63) is 30.1 Å². The molecule has 2 N–H and O–H groups in total. The maximum atomic E-state index is 14.0. The van der Waals surface area contributed by atoms with E-state index in [2.05, 4.69) is 18.7 Å². The Morgan fingerprint density at radius 3 is 2.58 bits per heavy atom. The van der Waals surface area contributed by atoms with E-state index in [0.717, 1.165) is 25.2 Å². The largest absolute Gasteiger partial charge is 0.365 e.